The molecule has 0 aliphatic carbocycles. The third kappa shape index (κ3) is 5.89. The van der Waals surface area contributed by atoms with Gasteiger partial charge in [-0.2, -0.15) is 0 Å². The van der Waals surface area contributed by atoms with Crippen LogP contribution in [-0.2, 0) is 6.54 Å². The van der Waals surface area contributed by atoms with Crippen LogP contribution < -0.4 is 5.73 Å². The summed E-state index contributed by atoms with van der Waals surface area (Å²) in [5.41, 5.74) is 16.9. The zero-order valence-electron chi connectivity index (χ0n) is 28.6. The standard InChI is InChI=1S/C49H35N3/c50-47(36-23-21-35(22-24-36)40-18-8-12-38-13-9-29-51-49(38)40)31-48(52-32-33-10-2-1-3-11-33)37-25-19-34(20-26-37)39-27-28-45-43-16-5-4-14-41(43)42-15-6-7-17-44(42)46(45)30-39/h1-31H,32,50H2/b47-31-,52-48?. The number of hydrogen-bond acceptors (Lipinski definition) is 3. The van der Waals surface area contributed by atoms with E-state index >= 15 is 0 Å². The summed E-state index contributed by atoms with van der Waals surface area (Å²) in [4.78, 5) is 9.73. The van der Waals surface area contributed by atoms with Crippen LogP contribution in [0.4, 0.5) is 0 Å². The summed E-state index contributed by atoms with van der Waals surface area (Å²) < 4.78 is 0. The molecule has 2 N–H and O–H groups in total. The Morgan fingerprint density at radius 1 is 0.500 bits per heavy atom. The molecule has 3 nitrogen and oxygen atoms in total. The van der Waals surface area contributed by atoms with Crippen molar-refractivity contribution in [3.63, 3.8) is 0 Å². The summed E-state index contributed by atoms with van der Waals surface area (Å²) >= 11 is 0. The van der Waals surface area contributed by atoms with Gasteiger partial charge in [-0.1, -0.05) is 164 Å². The van der Waals surface area contributed by atoms with Crippen LogP contribution in [0.1, 0.15) is 16.7 Å². The first-order valence-electron chi connectivity index (χ1n) is 17.6. The number of nitrogens with two attached hydrogens (primary N) is 1. The number of nitrogens with zero attached hydrogens (tertiary/aromatic N) is 2. The number of pyridine rings is 1. The average Bonchev–Trinajstić information content (AvgIpc) is 3.22. The van der Waals surface area contributed by atoms with Gasteiger partial charge in [0.25, 0.3) is 0 Å². The van der Waals surface area contributed by atoms with Crippen LogP contribution in [0.5, 0.6) is 0 Å². The third-order valence-corrected chi connectivity index (χ3v) is 9.99. The molecule has 1 heterocycles. The van der Waals surface area contributed by atoms with E-state index in [2.05, 4.69) is 157 Å². The molecule has 0 aliphatic rings. The van der Waals surface area contributed by atoms with Crippen molar-refractivity contribution < 1.29 is 0 Å². The van der Waals surface area contributed by atoms with Gasteiger partial charge in [0.1, 0.15) is 0 Å². The van der Waals surface area contributed by atoms with Crippen molar-refractivity contribution in [3.05, 3.63) is 205 Å². The summed E-state index contributed by atoms with van der Waals surface area (Å²) in [6.07, 6.45) is 3.84. The molecule has 0 fully saturated rings. The quantitative estimate of drug-likeness (QED) is 0.136. The highest BCUT2D eigenvalue weighted by Crippen LogP contribution is 2.37. The Labute approximate surface area is 303 Å². The van der Waals surface area contributed by atoms with E-state index < -0.39 is 0 Å². The van der Waals surface area contributed by atoms with Crippen LogP contribution in [0, 0.1) is 0 Å². The van der Waals surface area contributed by atoms with Crippen molar-refractivity contribution in [1.29, 1.82) is 0 Å². The number of rotatable bonds is 7. The molecule has 3 heteroatoms. The minimum Gasteiger partial charge on any atom is -0.398 e. The van der Waals surface area contributed by atoms with Crippen LogP contribution >= 0.6 is 0 Å². The molecule has 1 aromatic heterocycles. The van der Waals surface area contributed by atoms with Crippen molar-refractivity contribution in [2.75, 3.05) is 0 Å². The first-order chi connectivity index (χ1) is 25.7. The van der Waals surface area contributed by atoms with Gasteiger partial charge in [-0.15, -0.1) is 0 Å². The minimum absolute atomic E-state index is 0.556. The molecule has 0 saturated heterocycles. The topological polar surface area (TPSA) is 51.3 Å². The van der Waals surface area contributed by atoms with E-state index in [1.807, 2.05) is 36.5 Å². The van der Waals surface area contributed by atoms with Crippen LogP contribution in [0.15, 0.2) is 193 Å². The lowest BCUT2D eigenvalue weighted by Gasteiger charge is -2.12. The van der Waals surface area contributed by atoms with Gasteiger partial charge in [0.2, 0.25) is 0 Å². The molecule has 0 unspecified atom stereocenters. The zero-order valence-corrected chi connectivity index (χ0v) is 28.6. The number of benzene rings is 8. The average molecular weight is 666 g/mol. The number of aromatic nitrogens is 1. The zero-order chi connectivity index (χ0) is 34.9. The molecule has 0 atom stereocenters. The van der Waals surface area contributed by atoms with E-state index in [1.54, 1.807) is 0 Å². The lowest BCUT2D eigenvalue weighted by atomic mass is 9.92. The molecular formula is C49H35N3. The fourth-order valence-corrected chi connectivity index (χ4v) is 7.31. The molecule has 9 rings (SSSR count). The Bertz CT molecular complexity index is 2760. The van der Waals surface area contributed by atoms with Crippen molar-refractivity contribution in [3.8, 4) is 22.3 Å². The van der Waals surface area contributed by atoms with E-state index in [9.17, 15) is 0 Å². The Balaban J connectivity index is 1.06. The smallest absolute Gasteiger partial charge is 0.0780 e. The highest BCUT2D eigenvalue weighted by molar-refractivity contribution is 6.25. The van der Waals surface area contributed by atoms with E-state index in [-0.39, 0.29) is 0 Å². The molecule has 52 heavy (non-hydrogen) atoms. The Kier molecular flexibility index (Phi) is 8.07. The summed E-state index contributed by atoms with van der Waals surface area (Å²) in [6, 6.07) is 62.0. The van der Waals surface area contributed by atoms with Gasteiger partial charge in [0, 0.05) is 22.8 Å². The number of allylic oxidation sites excluding steroid dienone is 1. The molecular weight excluding hydrogens is 631 g/mol. The monoisotopic (exact) mass is 665 g/mol. The number of aliphatic imine (C=N–C) groups is 1. The van der Waals surface area contributed by atoms with E-state index in [1.165, 1.54) is 37.9 Å². The maximum absolute atomic E-state index is 6.81. The highest BCUT2D eigenvalue weighted by atomic mass is 14.7. The molecule has 0 amide bonds. The summed E-state index contributed by atoms with van der Waals surface area (Å²) in [6.45, 7) is 0.556. The molecule has 0 spiro atoms. The lowest BCUT2D eigenvalue weighted by molar-refractivity contribution is 1.07. The Morgan fingerprint density at radius 3 is 1.79 bits per heavy atom. The van der Waals surface area contributed by atoms with Crippen molar-refractivity contribution in [1.82, 2.24) is 4.98 Å². The van der Waals surface area contributed by atoms with Gasteiger partial charge < -0.3 is 5.73 Å². The van der Waals surface area contributed by atoms with E-state index in [0.29, 0.717) is 12.2 Å². The Morgan fingerprint density at radius 2 is 1.08 bits per heavy atom. The van der Waals surface area contributed by atoms with Gasteiger partial charge >= 0.3 is 0 Å². The van der Waals surface area contributed by atoms with Crippen LogP contribution in [0.2, 0.25) is 0 Å². The van der Waals surface area contributed by atoms with Crippen LogP contribution in [0.3, 0.4) is 0 Å². The fourth-order valence-electron chi connectivity index (χ4n) is 7.31. The predicted octanol–water partition coefficient (Wildman–Crippen LogP) is 12.0. The molecule has 246 valence electrons. The SMILES string of the molecule is N/C(=C\C(=NCc1ccccc1)c1ccc(-c2ccc3c4ccccc4c4ccccc4c3c2)cc1)c1ccc(-c2cccc3cccnc23)cc1. The molecule has 0 aliphatic heterocycles. The van der Waals surface area contributed by atoms with Gasteiger partial charge in [-0.3, -0.25) is 9.98 Å². The first kappa shape index (κ1) is 31.2. The normalized spacial score (nSPS) is 12.2. The molecule has 8 aromatic carbocycles. The minimum atomic E-state index is 0.556. The van der Waals surface area contributed by atoms with Crippen molar-refractivity contribution in [2.24, 2.45) is 10.7 Å². The summed E-state index contributed by atoms with van der Waals surface area (Å²) in [7, 11) is 0. The molecule has 9 aromatic rings. The number of fused-ring (bicyclic) bond motifs is 7. The summed E-state index contributed by atoms with van der Waals surface area (Å²) in [5, 5.41) is 8.77. The third-order valence-electron chi connectivity index (χ3n) is 9.99. The van der Waals surface area contributed by atoms with E-state index in [4.69, 9.17) is 10.7 Å². The molecule has 0 saturated carbocycles. The maximum atomic E-state index is 6.81. The van der Waals surface area contributed by atoms with Gasteiger partial charge in [-0.05, 0) is 83.9 Å². The lowest BCUT2D eigenvalue weighted by Crippen LogP contribution is -2.04. The predicted molar refractivity (Wildman–Crippen MR) is 220 cm³/mol. The number of hydrogen-bond donors (Lipinski definition) is 1. The summed E-state index contributed by atoms with van der Waals surface area (Å²) in [5.74, 6) is 0. The second-order valence-corrected chi connectivity index (χ2v) is 13.2. The van der Waals surface area contributed by atoms with Crippen LogP contribution in [0.25, 0.3) is 71.2 Å². The second-order valence-electron chi connectivity index (χ2n) is 13.2. The van der Waals surface area contributed by atoms with Crippen molar-refractivity contribution >= 4 is 54.6 Å². The van der Waals surface area contributed by atoms with Crippen LogP contribution in [-0.4, -0.2) is 10.7 Å². The maximum Gasteiger partial charge on any atom is 0.0780 e. The number of para-hydroxylation sites is 1. The van der Waals surface area contributed by atoms with Gasteiger partial charge in [-0.25, -0.2) is 0 Å². The molecule has 0 bridgehead atoms. The van der Waals surface area contributed by atoms with Gasteiger partial charge in [0.15, 0.2) is 0 Å². The second kappa shape index (κ2) is 13.5. The van der Waals surface area contributed by atoms with E-state index in [0.717, 1.165) is 50.0 Å². The first-order valence-corrected chi connectivity index (χ1v) is 17.6. The fraction of sp³-hybridized carbons (Fsp3) is 0.0204. The Hall–Kier alpha value is -6.84. The largest absolute Gasteiger partial charge is 0.398 e. The molecule has 0 radical (unpaired) electrons. The van der Waals surface area contributed by atoms with Crippen molar-refractivity contribution in [2.45, 2.75) is 6.54 Å². The highest BCUT2D eigenvalue weighted by Gasteiger charge is 2.11. The van der Waals surface area contributed by atoms with Gasteiger partial charge in [0.05, 0.1) is 17.8 Å².